The summed E-state index contributed by atoms with van der Waals surface area (Å²) in [6.45, 7) is 0. The van der Waals surface area contributed by atoms with Gasteiger partial charge in [0, 0.05) is 6.42 Å². The summed E-state index contributed by atoms with van der Waals surface area (Å²) in [4.78, 5) is 4.19. The molecule has 1 aromatic carbocycles. The van der Waals surface area contributed by atoms with Crippen molar-refractivity contribution < 1.29 is 9.13 Å². The number of ether oxygens (including phenoxy) is 1. The van der Waals surface area contributed by atoms with Crippen molar-refractivity contribution in [1.29, 1.82) is 0 Å². The Morgan fingerprint density at radius 3 is 3.05 bits per heavy atom. The number of aromatic nitrogens is 3. The predicted molar refractivity (Wildman–Crippen MR) is 68.5 cm³/mol. The maximum Gasteiger partial charge on any atom is 0.239 e. The Hall–Kier alpha value is -2.11. The summed E-state index contributed by atoms with van der Waals surface area (Å²) in [5.74, 6) is 1.03. The maximum atomic E-state index is 13.8. The minimum Gasteiger partial charge on any atom is -0.494 e. The zero-order chi connectivity index (χ0) is 13.4. The van der Waals surface area contributed by atoms with E-state index in [1.165, 1.54) is 13.2 Å². The van der Waals surface area contributed by atoms with Gasteiger partial charge in [0.25, 0.3) is 0 Å². The number of halogens is 1. The van der Waals surface area contributed by atoms with E-state index in [-0.39, 0.29) is 23.6 Å². The number of aryl methyl sites for hydroxylation is 1. The van der Waals surface area contributed by atoms with Gasteiger partial charge in [-0.3, -0.25) is 0 Å². The molecule has 1 aliphatic heterocycles. The predicted octanol–water partition coefficient (Wildman–Crippen LogP) is 1.93. The lowest BCUT2D eigenvalue weighted by Gasteiger charge is -2.23. The number of fused-ring (bicyclic) bond motifs is 1. The molecule has 2 aromatic rings. The van der Waals surface area contributed by atoms with Gasteiger partial charge < -0.3 is 10.5 Å². The molecule has 100 valence electrons. The molecule has 0 spiro atoms. The first-order valence-electron chi connectivity index (χ1n) is 6.23. The molecule has 0 saturated carbocycles. The summed E-state index contributed by atoms with van der Waals surface area (Å²) in [6, 6.07) is 4.99. The van der Waals surface area contributed by atoms with E-state index < -0.39 is 0 Å². The van der Waals surface area contributed by atoms with E-state index in [9.17, 15) is 4.39 Å². The van der Waals surface area contributed by atoms with E-state index in [0.29, 0.717) is 0 Å². The minimum atomic E-state index is -0.361. The highest BCUT2D eigenvalue weighted by atomic mass is 19.1. The quantitative estimate of drug-likeness (QED) is 0.898. The summed E-state index contributed by atoms with van der Waals surface area (Å²) >= 11 is 0. The van der Waals surface area contributed by atoms with Crippen LogP contribution in [0.3, 0.4) is 0 Å². The molecule has 1 aromatic heterocycles. The fourth-order valence-electron chi connectivity index (χ4n) is 2.57. The second kappa shape index (κ2) is 4.53. The van der Waals surface area contributed by atoms with Crippen molar-refractivity contribution in [2.45, 2.75) is 25.3 Å². The second-order valence-corrected chi connectivity index (χ2v) is 4.63. The first-order valence-corrected chi connectivity index (χ1v) is 6.23. The van der Waals surface area contributed by atoms with Gasteiger partial charge in [-0.05, 0) is 30.5 Å². The molecule has 1 atom stereocenters. The fraction of sp³-hybridized carbons (Fsp3) is 0.385. The smallest absolute Gasteiger partial charge is 0.239 e. The van der Waals surface area contributed by atoms with E-state index >= 15 is 0 Å². The first-order chi connectivity index (χ1) is 9.19. The van der Waals surface area contributed by atoms with Crippen LogP contribution in [0.25, 0.3) is 0 Å². The molecule has 1 aliphatic rings. The number of nitrogens with two attached hydrogens (primary N) is 1. The van der Waals surface area contributed by atoms with Gasteiger partial charge in [0.1, 0.15) is 5.82 Å². The number of nitrogen functional groups attached to an aromatic ring is 1. The molecule has 3 rings (SSSR count). The van der Waals surface area contributed by atoms with Crippen LogP contribution in [0.5, 0.6) is 5.75 Å². The van der Waals surface area contributed by atoms with Gasteiger partial charge in [0.05, 0.1) is 13.2 Å². The Morgan fingerprint density at radius 1 is 1.47 bits per heavy atom. The van der Waals surface area contributed by atoms with Crippen LogP contribution in [0.4, 0.5) is 10.3 Å². The molecule has 6 heteroatoms. The van der Waals surface area contributed by atoms with E-state index in [1.54, 1.807) is 10.7 Å². The fourth-order valence-corrected chi connectivity index (χ4v) is 2.57. The third-order valence-electron chi connectivity index (χ3n) is 3.45. The van der Waals surface area contributed by atoms with Crippen LogP contribution in [0, 0.1) is 5.82 Å². The SMILES string of the molecule is COc1ccc(C2CCCc3nc(N)nn32)cc1F. The zero-order valence-electron chi connectivity index (χ0n) is 10.6. The molecule has 0 fully saturated rings. The van der Waals surface area contributed by atoms with Crippen LogP contribution in [-0.4, -0.2) is 21.9 Å². The highest BCUT2D eigenvalue weighted by Gasteiger charge is 2.24. The lowest BCUT2D eigenvalue weighted by Crippen LogP contribution is -2.20. The summed E-state index contributed by atoms with van der Waals surface area (Å²) in [7, 11) is 1.45. The first kappa shape index (κ1) is 12.0. The molecule has 19 heavy (non-hydrogen) atoms. The Kier molecular flexibility index (Phi) is 2.85. The van der Waals surface area contributed by atoms with Crippen LogP contribution in [0.1, 0.15) is 30.3 Å². The average molecular weight is 262 g/mol. The third kappa shape index (κ3) is 2.03. The largest absolute Gasteiger partial charge is 0.494 e. The summed E-state index contributed by atoms with van der Waals surface area (Å²) in [6.07, 6.45) is 2.76. The molecule has 5 nitrogen and oxygen atoms in total. The summed E-state index contributed by atoms with van der Waals surface area (Å²) < 4.78 is 20.5. The Balaban J connectivity index is 2.01. The molecule has 0 aliphatic carbocycles. The van der Waals surface area contributed by atoms with E-state index in [0.717, 1.165) is 30.7 Å². The number of anilines is 1. The number of rotatable bonds is 2. The van der Waals surface area contributed by atoms with Crippen molar-refractivity contribution in [2.75, 3.05) is 12.8 Å². The summed E-state index contributed by atoms with van der Waals surface area (Å²) in [5, 5.41) is 4.21. The topological polar surface area (TPSA) is 66.0 Å². The Morgan fingerprint density at radius 2 is 2.32 bits per heavy atom. The Labute approximate surface area is 110 Å². The zero-order valence-corrected chi connectivity index (χ0v) is 10.6. The maximum absolute atomic E-state index is 13.8. The van der Waals surface area contributed by atoms with Crippen molar-refractivity contribution in [3.63, 3.8) is 0 Å². The molecule has 0 bridgehead atoms. The minimum absolute atomic E-state index is 0.00560. The van der Waals surface area contributed by atoms with E-state index in [1.807, 2.05) is 6.07 Å². The van der Waals surface area contributed by atoms with E-state index in [4.69, 9.17) is 10.5 Å². The molecule has 2 N–H and O–H groups in total. The van der Waals surface area contributed by atoms with Gasteiger partial charge in [0.2, 0.25) is 5.95 Å². The van der Waals surface area contributed by atoms with E-state index in [2.05, 4.69) is 10.1 Å². The molecule has 2 heterocycles. The van der Waals surface area contributed by atoms with Crippen LogP contribution < -0.4 is 10.5 Å². The van der Waals surface area contributed by atoms with Gasteiger partial charge in [-0.25, -0.2) is 9.07 Å². The van der Waals surface area contributed by atoms with Crippen molar-refractivity contribution in [3.8, 4) is 5.75 Å². The van der Waals surface area contributed by atoms with Crippen molar-refractivity contribution >= 4 is 5.95 Å². The van der Waals surface area contributed by atoms with Gasteiger partial charge in [-0.15, -0.1) is 5.10 Å². The summed E-state index contributed by atoms with van der Waals surface area (Å²) in [5.41, 5.74) is 6.50. The highest BCUT2D eigenvalue weighted by Crippen LogP contribution is 2.31. The van der Waals surface area contributed by atoms with Gasteiger partial charge >= 0.3 is 0 Å². The molecule has 0 saturated heterocycles. The average Bonchev–Trinajstić information content (AvgIpc) is 2.78. The van der Waals surface area contributed by atoms with Crippen LogP contribution in [0.2, 0.25) is 0 Å². The second-order valence-electron chi connectivity index (χ2n) is 4.63. The van der Waals surface area contributed by atoms with Crippen molar-refractivity contribution in [2.24, 2.45) is 0 Å². The number of methoxy groups -OCH3 is 1. The molecule has 0 radical (unpaired) electrons. The van der Waals surface area contributed by atoms with Crippen molar-refractivity contribution in [1.82, 2.24) is 14.8 Å². The van der Waals surface area contributed by atoms with Gasteiger partial charge in [0.15, 0.2) is 11.6 Å². The monoisotopic (exact) mass is 262 g/mol. The molecule has 1 unspecified atom stereocenters. The third-order valence-corrected chi connectivity index (χ3v) is 3.45. The number of benzene rings is 1. The Bertz CT molecular complexity index is 611. The molecular formula is C13H15FN4O. The standard InChI is InChI=1S/C13H15FN4O/c1-19-11-6-5-8(7-9(11)14)10-3-2-4-12-16-13(15)17-18(10)12/h5-7,10H,2-4H2,1H3,(H2,15,17). The number of hydrogen-bond donors (Lipinski definition) is 1. The number of nitrogens with zero attached hydrogens (tertiary/aromatic N) is 3. The highest BCUT2D eigenvalue weighted by molar-refractivity contribution is 5.32. The number of hydrogen-bond acceptors (Lipinski definition) is 4. The normalized spacial score (nSPS) is 18.1. The van der Waals surface area contributed by atoms with Gasteiger partial charge in [-0.1, -0.05) is 6.07 Å². The van der Waals surface area contributed by atoms with Crippen molar-refractivity contribution in [3.05, 3.63) is 35.4 Å². The lowest BCUT2D eigenvalue weighted by molar-refractivity contribution is 0.381. The van der Waals surface area contributed by atoms with Crippen LogP contribution in [0.15, 0.2) is 18.2 Å². The van der Waals surface area contributed by atoms with Gasteiger partial charge in [-0.2, -0.15) is 4.98 Å². The molecule has 0 amide bonds. The van der Waals surface area contributed by atoms with Crippen LogP contribution >= 0.6 is 0 Å². The molecular weight excluding hydrogens is 247 g/mol. The lowest BCUT2D eigenvalue weighted by atomic mass is 9.97. The van der Waals surface area contributed by atoms with Crippen LogP contribution in [-0.2, 0) is 6.42 Å².